The lowest BCUT2D eigenvalue weighted by Gasteiger charge is -2.39. The molecule has 28 heavy (non-hydrogen) atoms. The molecule has 0 aliphatic heterocycles. The van der Waals surface area contributed by atoms with Gasteiger partial charge in [-0.25, -0.2) is 14.4 Å². The molecule has 10 nitrogen and oxygen atoms in total. The number of nitrogens with zero attached hydrogens (tertiary/aromatic N) is 2. The largest absolute Gasteiger partial charge is 0.480 e. The molecule has 0 aliphatic rings. The van der Waals surface area contributed by atoms with Gasteiger partial charge in [0.25, 0.3) is 0 Å². The van der Waals surface area contributed by atoms with Gasteiger partial charge in [0.1, 0.15) is 24.3 Å². The fourth-order valence-electron chi connectivity index (χ4n) is 2.51. The average molecular weight is 403 g/mol. The van der Waals surface area contributed by atoms with Crippen molar-refractivity contribution in [3.8, 4) is 0 Å². The minimum Gasteiger partial charge on any atom is -0.480 e. The highest BCUT2D eigenvalue weighted by atomic mass is 16.6. The van der Waals surface area contributed by atoms with Crippen LogP contribution in [0.3, 0.4) is 0 Å². The van der Waals surface area contributed by atoms with Gasteiger partial charge in [-0.05, 0) is 27.7 Å². The lowest BCUT2D eigenvalue weighted by atomic mass is 9.84. The minimum absolute atomic E-state index is 0.225. The average Bonchev–Trinajstić information content (AvgIpc) is 2.55. The topological polar surface area (TPSA) is 125 Å². The molecule has 0 aliphatic carbocycles. The predicted molar refractivity (Wildman–Crippen MR) is 102 cm³/mol. The quantitative estimate of drug-likeness (QED) is 0.660. The van der Waals surface area contributed by atoms with Crippen LogP contribution in [-0.4, -0.2) is 84.4 Å². The Balaban J connectivity index is 5.41. The van der Waals surface area contributed by atoms with E-state index in [0.29, 0.717) is 0 Å². The summed E-state index contributed by atoms with van der Waals surface area (Å²) in [5.41, 5.74) is -1.82. The number of rotatable bonds is 7. The number of amides is 3. The molecule has 0 rings (SSSR count). The van der Waals surface area contributed by atoms with E-state index < -0.39 is 47.2 Å². The molecule has 162 valence electrons. The second kappa shape index (κ2) is 9.61. The van der Waals surface area contributed by atoms with Crippen LogP contribution in [0.2, 0.25) is 0 Å². The molecule has 0 unspecified atom stereocenters. The first-order chi connectivity index (χ1) is 12.5. The van der Waals surface area contributed by atoms with E-state index in [0.717, 1.165) is 9.80 Å². The Hall–Kier alpha value is -2.52. The first kappa shape index (κ1) is 25.5. The molecule has 0 fully saturated rings. The summed E-state index contributed by atoms with van der Waals surface area (Å²) in [6.07, 6.45) is -1.40. The molecule has 0 saturated carbocycles. The summed E-state index contributed by atoms with van der Waals surface area (Å²) in [6.45, 7) is 9.50. The zero-order chi connectivity index (χ0) is 22.4. The van der Waals surface area contributed by atoms with Gasteiger partial charge in [0.05, 0.1) is 0 Å². The predicted octanol–water partition coefficient (Wildman–Crippen LogP) is 1.54. The highest BCUT2D eigenvalue weighted by Crippen LogP contribution is 2.26. The molecule has 0 aromatic heterocycles. The molecule has 2 atom stereocenters. The standard InChI is InChI=1S/C18H33N3O7/c1-11(20(8)16(26)28-17(2,3)4)13(22)21(9)12(14(23)24)18(5,6)10-27-15(25)19-7/h11-12H,10H2,1-9H3,(H,19,25)(H,23,24)/t11-,12-/m1/s1. The number of hydrogen-bond donors (Lipinski definition) is 2. The van der Waals surface area contributed by atoms with E-state index in [9.17, 15) is 24.3 Å². The summed E-state index contributed by atoms with van der Waals surface area (Å²) in [7, 11) is 4.12. The van der Waals surface area contributed by atoms with E-state index in [1.54, 1.807) is 34.6 Å². The number of nitrogens with one attached hydrogen (secondary N) is 1. The van der Waals surface area contributed by atoms with Crippen LogP contribution in [-0.2, 0) is 19.1 Å². The summed E-state index contributed by atoms with van der Waals surface area (Å²) in [6, 6.07) is -2.25. The maximum atomic E-state index is 12.8. The first-order valence-corrected chi connectivity index (χ1v) is 8.85. The van der Waals surface area contributed by atoms with Gasteiger partial charge in [0.15, 0.2) is 0 Å². The molecule has 0 saturated heterocycles. The number of aliphatic carboxylic acids is 1. The molecule has 3 amide bonds. The zero-order valence-electron chi connectivity index (χ0n) is 18.2. The van der Waals surface area contributed by atoms with Crippen LogP contribution in [0.15, 0.2) is 0 Å². The molecule has 0 heterocycles. The van der Waals surface area contributed by atoms with Crippen LogP contribution in [0.4, 0.5) is 9.59 Å². The van der Waals surface area contributed by atoms with Crippen molar-refractivity contribution in [2.75, 3.05) is 27.7 Å². The number of alkyl carbamates (subject to hydrolysis) is 1. The second-order valence-electron chi connectivity index (χ2n) is 8.27. The Kier molecular flexibility index (Phi) is 8.74. The summed E-state index contributed by atoms with van der Waals surface area (Å²) < 4.78 is 10.2. The van der Waals surface area contributed by atoms with E-state index in [1.807, 2.05) is 0 Å². The molecule has 10 heteroatoms. The van der Waals surface area contributed by atoms with Crippen molar-refractivity contribution in [2.24, 2.45) is 5.41 Å². The van der Waals surface area contributed by atoms with Crippen LogP contribution in [0.1, 0.15) is 41.5 Å². The number of hydrogen-bond acceptors (Lipinski definition) is 6. The van der Waals surface area contributed by atoms with E-state index >= 15 is 0 Å². The number of carboxylic acids is 1. The summed E-state index contributed by atoms with van der Waals surface area (Å²) in [4.78, 5) is 50.4. The fraction of sp³-hybridized carbons (Fsp3) is 0.778. The molecule has 0 radical (unpaired) electrons. The fourth-order valence-corrected chi connectivity index (χ4v) is 2.51. The van der Waals surface area contributed by atoms with E-state index in [2.05, 4.69) is 5.32 Å². The number of carbonyl (C=O) groups is 4. The maximum absolute atomic E-state index is 12.8. The van der Waals surface area contributed by atoms with Gasteiger partial charge >= 0.3 is 18.2 Å². The number of carbonyl (C=O) groups excluding carboxylic acids is 3. The summed E-state index contributed by atoms with van der Waals surface area (Å²) in [5, 5.41) is 12.0. The number of ether oxygens (including phenoxy) is 2. The van der Waals surface area contributed by atoms with Gasteiger partial charge < -0.3 is 24.8 Å². The Morgan fingerprint density at radius 1 is 1.04 bits per heavy atom. The van der Waals surface area contributed by atoms with Gasteiger partial charge in [-0.2, -0.15) is 0 Å². The highest BCUT2D eigenvalue weighted by molar-refractivity contribution is 5.89. The molecular formula is C18H33N3O7. The Morgan fingerprint density at radius 2 is 1.54 bits per heavy atom. The third-order valence-corrected chi connectivity index (χ3v) is 4.11. The van der Waals surface area contributed by atoms with Crippen molar-refractivity contribution in [3.05, 3.63) is 0 Å². The van der Waals surface area contributed by atoms with Crippen LogP contribution < -0.4 is 5.32 Å². The Bertz CT molecular complexity index is 598. The van der Waals surface area contributed by atoms with Crippen molar-refractivity contribution in [1.82, 2.24) is 15.1 Å². The smallest absolute Gasteiger partial charge is 0.410 e. The summed E-state index contributed by atoms with van der Waals surface area (Å²) >= 11 is 0. The summed E-state index contributed by atoms with van der Waals surface area (Å²) in [5.74, 6) is -1.85. The van der Waals surface area contributed by atoms with Gasteiger partial charge in [0.2, 0.25) is 5.91 Å². The lowest BCUT2D eigenvalue weighted by Crippen LogP contribution is -2.57. The van der Waals surface area contributed by atoms with Gasteiger partial charge in [0, 0.05) is 26.6 Å². The van der Waals surface area contributed by atoms with E-state index in [4.69, 9.17) is 9.47 Å². The van der Waals surface area contributed by atoms with Crippen LogP contribution in [0, 0.1) is 5.41 Å². The lowest BCUT2D eigenvalue weighted by molar-refractivity contribution is -0.157. The van der Waals surface area contributed by atoms with Crippen LogP contribution >= 0.6 is 0 Å². The normalized spacial score (nSPS) is 13.8. The van der Waals surface area contributed by atoms with Crippen molar-refractivity contribution in [2.45, 2.75) is 59.2 Å². The van der Waals surface area contributed by atoms with E-state index in [1.165, 1.54) is 28.1 Å². The minimum atomic E-state index is -1.29. The second-order valence-corrected chi connectivity index (χ2v) is 8.27. The third kappa shape index (κ3) is 7.24. The number of carboxylic acid groups (broad SMARTS) is 1. The molecule has 0 spiro atoms. The van der Waals surface area contributed by atoms with Gasteiger partial charge in [-0.15, -0.1) is 0 Å². The molecule has 0 bridgehead atoms. The van der Waals surface area contributed by atoms with Crippen molar-refractivity contribution >= 4 is 24.1 Å². The monoisotopic (exact) mass is 403 g/mol. The first-order valence-electron chi connectivity index (χ1n) is 8.85. The molecule has 2 N–H and O–H groups in total. The van der Waals surface area contributed by atoms with Crippen LogP contribution in [0.25, 0.3) is 0 Å². The maximum Gasteiger partial charge on any atom is 0.410 e. The molecule has 0 aromatic carbocycles. The SMILES string of the molecule is CNC(=O)OCC(C)(C)[C@@H](C(=O)O)N(C)C(=O)[C@@H](C)N(C)C(=O)OC(C)(C)C. The van der Waals surface area contributed by atoms with Gasteiger partial charge in [-0.3, -0.25) is 9.69 Å². The molecule has 0 aromatic rings. The van der Waals surface area contributed by atoms with Gasteiger partial charge in [-0.1, -0.05) is 13.8 Å². The molecular weight excluding hydrogens is 370 g/mol. The Morgan fingerprint density at radius 3 is 1.93 bits per heavy atom. The third-order valence-electron chi connectivity index (χ3n) is 4.11. The number of likely N-dealkylation sites (N-methyl/N-ethyl adjacent to an activating group) is 2. The zero-order valence-corrected chi connectivity index (χ0v) is 18.2. The van der Waals surface area contributed by atoms with Crippen LogP contribution in [0.5, 0.6) is 0 Å². The highest BCUT2D eigenvalue weighted by Gasteiger charge is 2.43. The van der Waals surface area contributed by atoms with E-state index in [-0.39, 0.29) is 6.61 Å². The van der Waals surface area contributed by atoms with Crippen molar-refractivity contribution in [3.63, 3.8) is 0 Å². The van der Waals surface area contributed by atoms with Crippen molar-refractivity contribution in [1.29, 1.82) is 0 Å². The Labute approximate surface area is 166 Å². The van der Waals surface area contributed by atoms with Crippen molar-refractivity contribution < 1.29 is 33.8 Å².